The van der Waals surface area contributed by atoms with E-state index in [-0.39, 0.29) is 18.6 Å². The number of benzene rings is 2. The molecule has 0 aromatic heterocycles. The van der Waals surface area contributed by atoms with Crippen molar-refractivity contribution in [3.63, 3.8) is 0 Å². The lowest BCUT2D eigenvalue weighted by atomic mass is 10.0. The van der Waals surface area contributed by atoms with Gasteiger partial charge in [0.05, 0.1) is 11.7 Å². The van der Waals surface area contributed by atoms with Crippen LogP contribution in [0.1, 0.15) is 30.9 Å². The normalized spacial score (nSPS) is 19.7. The van der Waals surface area contributed by atoms with Crippen molar-refractivity contribution in [3.05, 3.63) is 95.7 Å². The van der Waals surface area contributed by atoms with Crippen LogP contribution in [0.4, 0.5) is 4.79 Å². The van der Waals surface area contributed by atoms with Gasteiger partial charge in [-0.05, 0) is 49.3 Å². The Balaban J connectivity index is 1.61. The molecule has 1 unspecified atom stereocenters. The predicted octanol–water partition coefficient (Wildman–Crippen LogP) is 5.36. The van der Waals surface area contributed by atoms with Crippen molar-refractivity contribution in [1.82, 2.24) is 9.80 Å². The van der Waals surface area contributed by atoms with E-state index >= 15 is 0 Å². The van der Waals surface area contributed by atoms with Gasteiger partial charge in [-0.15, -0.1) is 0 Å². The van der Waals surface area contributed by atoms with Gasteiger partial charge in [-0.1, -0.05) is 72.8 Å². The highest BCUT2D eigenvalue weighted by molar-refractivity contribution is 5.97. The summed E-state index contributed by atoms with van der Waals surface area (Å²) < 4.78 is 5.61. The lowest BCUT2D eigenvalue weighted by Gasteiger charge is -2.25. The summed E-state index contributed by atoms with van der Waals surface area (Å²) in [4.78, 5) is 16.6. The van der Waals surface area contributed by atoms with Crippen molar-refractivity contribution in [1.29, 1.82) is 5.41 Å². The van der Waals surface area contributed by atoms with Crippen LogP contribution in [0.2, 0.25) is 0 Å². The van der Waals surface area contributed by atoms with Gasteiger partial charge in [-0.2, -0.15) is 0 Å². The first kappa shape index (κ1) is 20.9. The average molecular weight is 416 g/mol. The van der Waals surface area contributed by atoms with Crippen molar-refractivity contribution in [2.24, 2.45) is 5.92 Å². The molecule has 1 aliphatic heterocycles. The van der Waals surface area contributed by atoms with E-state index in [0.29, 0.717) is 5.92 Å². The molecule has 5 heteroatoms. The third-order valence-electron chi connectivity index (χ3n) is 5.67. The number of carbonyl (C=O) groups is 1. The average Bonchev–Trinajstić information content (AvgIpc) is 3.55. The second-order valence-electron chi connectivity index (χ2n) is 8.42. The van der Waals surface area contributed by atoms with Crippen LogP contribution in [0.15, 0.2) is 84.6 Å². The summed E-state index contributed by atoms with van der Waals surface area (Å²) in [5, 5.41) is 8.85. The number of hydrogen-bond acceptors (Lipinski definition) is 3. The number of ether oxygens (including phenoxy) is 1. The van der Waals surface area contributed by atoms with Crippen LogP contribution in [0.3, 0.4) is 0 Å². The number of allylic oxidation sites excluding steroid dienone is 2. The van der Waals surface area contributed by atoms with Gasteiger partial charge in [-0.3, -0.25) is 5.41 Å². The fraction of sp³-hybridized carbons (Fsp3) is 0.308. The molecule has 0 spiro atoms. The molecule has 1 saturated carbocycles. The van der Waals surface area contributed by atoms with Crippen LogP contribution in [0, 0.1) is 11.3 Å². The molecule has 1 aliphatic carbocycles. The number of hydrogen-bond donors (Lipinski definition) is 1. The summed E-state index contributed by atoms with van der Waals surface area (Å²) in [6.45, 7) is 6.90. The van der Waals surface area contributed by atoms with Crippen LogP contribution in [-0.2, 0) is 17.8 Å². The fourth-order valence-corrected chi connectivity index (χ4v) is 3.94. The number of carbonyl (C=O) groups excluding carboxylic acids is 1. The number of nitrogens with one attached hydrogen (secondary N) is 1. The van der Waals surface area contributed by atoms with Crippen molar-refractivity contribution < 1.29 is 9.53 Å². The van der Waals surface area contributed by atoms with Crippen molar-refractivity contribution in [2.75, 3.05) is 6.54 Å². The molecular formula is C26H29N3O2. The fourth-order valence-electron chi connectivity index (χ4n) is 3.94. The van der Waals surface area contributed by atoms with E-state index < -0.39 is 6.09 Å². The third-order valence-corrected chi connectivity index (χ3v) is 5.67. The van der Waals surface area contributed by atoms with Crippen LogP contribution in [0.5, 0.6) is 0 Å². The van der Waals surface area contributed by atoms with Gasteiger partial charge < -0.3 is 9.64 Å². The van der Waals surface area contributed by atoms with Gasteiger partial charge in [0.2, 0.25) is 5.96 Å². The third kappa shape index (κ3) is 5.05. The molecule has 160 valence electrons. The van der Waals surface area contributed by atoms with Gasteiger partial charge in [0.1, 0.15) is 6.61 Å². The van der Waals surface area contributed by atoms with Gasteiger partial charge in [0.15, 0.2) is 0 Å². The van der Waals surface area contributed by atoms with E-state index in [0.717, 1.165) is 29.8 Å². The molecule has 1 atom stereocenters. The first-order valence-corrected chi connectivity index (χ1v) is 10.8. The van der Waals surface area contributed by atoms with E-state index in [1.807, 2.05) is 61.5 Å². The van der Waals surface area contributed by atoms with Crippen molar-refractivity contribution in [2.45, 2.75) is 38.8 Å². The van der Waals surface area contributed by atoms with Crippen LogP contribution >= 0.6 is 0 Å². The quantitative estimate of drug-likeness (QED) is 0.663. The summed E-state index contributed by atoms with van der Waals surface area (Å²) in [5.74, 6) is 0.781. The van der Waals surface area contributed by atoms with Gasteiger partial charge in [0, 0.05) is 6.54 Å². The number of amides is 1. The van der Waals surface area contributed by atoms with Crippen molar-refractivity contribution in [3.8, 4) is 0 Å². The molecular weight excluding hydrogens is 386 g/mol. The molecule has 1 heterocycles. The summed E-state index contributed by atoms with van der Waals surface area (Å²) in [6.07, 6.45) is 4.48. The Labute approximate surface area is 184 Å². The van der Waals surface area contributed by atoms with E-state index in [4.69, 9.17) is 10.1 Å². The maximum atomic E-state index is 13.1. The Bertz CT molecular complexity index is 980. The maximum Gasteiger partial charge on any atom is 0.421 e. The van der Waals surface area contributed by atoms with Crippen molar-refractivity contribution >= 4 is 12.1 Å². The first-order chi connectivity index (χ1) is 15.0. The lowest BCUT2D eigenvalue weighted by molar-refractivity contribution is 0.123. The highest BCUT2D eigenvalue weighted by atomic mass is 16.6. The topological polar surface area (TPSA) is 56.6 Å². The Morgan fingerprint density at radius 1 is 1.10 bits per heavy atom. The zero-order valence-electron chi connectivity index (χ0n) is 18.0. The summed E-state index contributed by atoms with van der Waals surface area (Å²) in [7, 11) is 0. The Hall–Kier alpha value is -3.34. The summed E-state index contributed by atoms with van der Waals surface area (Å²) in [6, 6.07) is 19.7. The monoisotopic (exact) mass is 415 g/mol. The SMILES string of the molecule is C=C(C)/C=C1/C(Cc2ccccc2)N(CC2CC2)C(=N)N1C(=O)OCc1ccccc1. The van der Waals surface area contributed by atoms with Crippen LogP contribution in [-0.4, -0.2) is 34.4 Å². The van der Waals surface area contributed by atoms with E-state index in [1.165, 1.54) is 23.3 Å². The molecule has 1 saturated heterocycles. The molecule has 1 amide bonds. The molecule has 2 aliphatic rings. The minimum Gasteiger partial charge on any atom is -0.444 e. The molecule has 0 radical (unpaired) electrons. The van der Waals surface area contributed by atoms with E-state index in [2.05, 4.69) is 23.6 Å². The molecule has 4 rings (SSSR count). The Kier molecular flexibility index (Phi) is 6.21. The molecule has 31 heavy (non-hydrogen) atoms. The zero-order valence-corrected chi connectivity index (χ0v) is 18.0. The minimum absolute atomic E-state index is 0.100. The molecule has 0 bridgehead atoms. The summed E-state index contributed by atoms with van der Waals surface area (Å²) >= 11 is 0. The second kappa shape index (κ2) is 9.21. The Morgan fingerprint density at radius 3 is 2.29 bits per heavy atom. The van der Waals surface area contributed by atoms with Crippen LogP contribution in [0.25, 0.3) is 0 Å². The molecule has 2 fully saturated rings. The maximum absolute atomic E-state index is 13.1. The highest BCUT2D eigenvalue weighted by Crippen LogP contribution is 2.36. The lowest BCUT2D eigenvalue weighted by Crippen LogP contribution is -2.39. The zero-order chi connectivity index (χ0) is 21.8. The van der Waals surface area contributed by atoms with Gasteiger partial charge in [0.25, 0.3) is 0 Å². The number of rotatable bonds is 7. The highest BCUT2D eigenvalue weighted by Gasteiger charge is 2.45. The number of guanidine groups is 1. The summed E-state index contributed by atoms with van der Waals surface area (Å²) in [5.41, 5.74) is 3.70. The smallest absolute Gasteiger partial charge is 0.421 e. The van der Waals surface area contributed by atoms with E-state index in [1.54, 1.807) is 0 Å². The molecule has 2 aromatic carbocycles. The molecule has 5 nitrogen and oxygen atoms in total. The van der Waals surface area contributed by atoms with E-state index in [9.17, 15) is 4.79 Å². The number of nitrogens with zero attached hydrogens (tertiary/aromatic N) is 2. The largest absolute Gasteiger partial charge is 0.444 e. The Morgan fingerprint density at radius 2 is 1.71 bits per heavy atom. The molecule has 1 N–H and O–H groups in total. The van der Waals surface area contributed by atoms with Gasteiger partial charge in [-0.25, -0.2) is 9.69 Å². The standard InChI is InChI=1S/C26H29N3O2/c1-19(2)15-24-23(16-20-9-5-3-6-10-20)28(17-21-13-14-21)25(27)29(24)26(30)31-18-22-11-7-4-8-12-22/h3-12,15,21,23,27H,1,13-14,16-18H2,2H3/b24-15-,27-25?. The predicted molar refractivity (Wildman–Crippen MR) is 122 cm³/mol. The second-order valence-corrected chi connectivity index (χ2v) is 8.42. The molecule has 2 aromatic rings. The minimum atomic E-state index is -0.516. The van der Waals surface area contributed by atoms with Gasteiger partial charge >= 0.3 is 6.09 Å². The van der Waals surface area contributed by atoms with Crippen LogP contribution < -0.4 is 0 Å². The first-order valence-electron chi connectivity index (χ1n) is 10.8.